The number of hydrogen-bond donors (Lipinski definition) is 0. The van der Waals surface area contributed by atoms with Crippen molar-refractivity contribution in [2.45, 2.75) is 37.8 Å². The molecule has 4 heterocycles. The number of nitrogens with zero attached hydrogens (tertiary/aromatic N) is 5. The highest BCUT2D eigenvalue weighted by molar-refractivity contribution is 5.92. The van der Waals surface area contributed by atoms with Gasteiger partial charge in [0.15, 0.2) is 0 Å². The van der Waals surface area contributed by atoms with Crippen LogP contribution in [0.2, 0.25) is 0 Å². The van der Waals surface area contributed by atoms with Crippen molar-refractivity contribution in [3.05, 3.63) is 42.0 Å². The largest absolute Gasteiger partial charge is 0.347 e. The second kappa shape index (κ2) is 6.33. The Kier molecular flexibility index (Phi) is 4.15. The van der Waals surface area contributed by atoms with Gasteiger partial charge in [-0.2, -0.15) is 5.10 Å². The Hall–Kier alpha value is -2.08. The Balaban J connectivity index is 1.43. The second-order valence-corrected chi connectivity index (χ2v) is 7.53. The summed E-state index contributed by atoms with van der Waals surface area (Å²) in [6.45, 7) is 3.76. The summed E-state index contributed by atoms with van der Waals surface area (Å²) in [6.07, 6.45) is 8.57. The third-order valence-electron chi connectivity index (χ3n) is 6.01. The minimum atomic E-state index is 0.164. The maximum atomic E-state index is 12.7. The molecule has 6 heteroatoms. The predicted molar refractivity (Wildman–Crippen MR) is 96.1 cm³/mol. The summed E-state index contributed by atoms with van der Waals surface area (Å²) in [4.78, 5) is 17.4. The van der Waals surface area contributed by atoms with Crippen LogP contribution in [0.3, 0.4) is 0 Å². The number of aromatic nitrogens is 3. The molecular weight excluding hydrogens is 314 g/mol. The van der Waals surface area contributed by atoms with Gasteiger partial charge in [0.1, 0.15) is 5.69 Å². The number of hydrogen-bond acceptors (Lipinski definition) is 3. The van der Waals surface area contributed by atoms with Crippen LogP contribution in [0, 0.1) is 0 Å². The molecule has 1 amide bonds. The SMILES string of the molecule is Cn1ccc(CN2CCCC23CCN(C(=O)c2cccn2C)CC3)n1. The molecule has 0 unspecified atom stereocenters. The van der Waals surface area contributed by atoms with E-state index in [1.54, 1.807) is 0 Å². The van der Waals surface area contributed by atoms with Crippen molar-refractivity contribution in [3.63, 3.8) is 0 Å². The molecule has 4 rings (SSSR count). The van der Waals surface area contributed by atoms with E-state index in [-0.39, 0.29) is 11.4 Å². The molecule has 0 atom stereocenters. The summed E-state index contributed by atoms with van der Waals surface area (Å²) in [7, 11) is 3.90. The van der Waals surface area contributed by atoms with Crippen molar-refractivity contribution in [1.82, 2.24) is 24.1 Å². The van der Waals surface area contributed by atoms with Crippen molar-refractivity contribution < 1.29 is 4.79 Å². The van der Waals surface area contributed by atoms with Crippen LogP contribution in [0.1, 0.15) is 41.9 Å². The number of carbonyl (C=O) groups excluding carboxylic acids is 1. The highest BCUT2D eigenvalue weighted by atomic mass is 16.2. The van der Waals surface area contributed by atoms with E-state index in [9.17, 15) is 4.79 Å². The molecule has 2 fully saturated rings. The molecule has 0 radical (unpaired) electrons. The first-order chi connectivity index (χ1) is 12.1. The van der Waals surface area contributed by atoms with Gasteiger partial charge in [0.05, 0.1) is 5.69 Å². The Morgan fingerprint density at radius 3 is 2.56 bits per heavy atom. The lowest BCUT2D eigenvalue weighted by Gasteiger charge is -2.45. The quantitative estimate of drug-likeness (QED) is 0.858. The van der Waals surface area contributed by atoms with Gasteiger partial charge in [0.2, 0.25) is 0 Å². The molecule has 0 aromatic carbocycles. The molecule has 0 bridgehead atoms. The van der Waals surface area contributed by atoms with Crippen molar-refractivity contribution in [2.75, 3.05) is 19.6 Å². The van der Waals surface area contributed by atoms with Crippen LogP contribution in [0.5, 0.6) is 0 Å². The van der Waals surface area contributed by atoms with E-state index in [4.69, 9.17) is 0 Å². The third kappa shape index (κ3) is 2.99. The van der Waals surface area contributed by atoms with Crippen LogP contribution in [-0.4, -0.2) is 55.2 Å². The fraction of sp³-hybridized carbons (Fsp3) is 0.579. The summed E-state index contributed by atoms with van der Waals surface area (Å²) < 4.78 is 3.79. The van der Waals surface area contributed by atoms with Gasteiger partial charge in [-0.15, -0.1) is 0 Å². The van der Waals surface area contributed by atoms with E-state index in [1.165, 1.54) is 12.8 Å². The fourth-order valence-electron chi connectivity index (χ4n) is 4.52. The molecule has 134 valence electrons. The second-order valence-electron chi connectivity index (χ2n) is 7.53. The molecule has 25 heavy (non-hydrogen) atoms. The van der Waals surface area contributed by atoms with Crippen molar-refractivity contribution in [3.8, 4) is 0 Å². The Bertz CT molecular complexity index is 753. The van der Waals surface area contributed by atoms with Gasteiger partial charge < -0.3 is 9.47 Å². The molecule has 1 spiro atoms. The zero-order valence-electron chi connectivity index (χ0n) is 15.2. The molecule has 2 aliphatic heterocycles. The summed E-state index contributed by atoms with van der Waals surface area (Å²) in [5, 5.41) is 4.55. The Morgan fingerprint density at radius 2 is 1.92 bits per heavy atom. The summed E-state index contributed by atoms with van der Waals surface area (Å²) in [5.41, 5.74) is 2.18. The fourth-order valence-corrected chi connectivity index (χ4v) is 4.52. The number of piperidine rings is 1. The lowest BCUT2D eigenvalue weighted by molar-refractivity contribution is 0.0373. The zero-order chi connectivity index (χ0) is 17.4. The number of aryl methyl sites for hydroxylation is 2. The van der Waals surface area contributed by atoms with Crippen molar-refractivity contribution in [2.24, 2.45) is 14.1 Å². The van der Waals surface area contributed by atoms with Gasteiger partial charge in [0.25, 0.3) is 5.91 Å². The van der Waals surface area contributed by atoms with E-state index in [0.29, 0.717) is 0 Å². The standard InChI is InChI=1S/C19H27N5O/c1-21-10-3-5-17(21)18(25)23-13-8-19(9-14-23)7-4-11-24(19)15-16-6-12-22(2)20-16/h3,5-6,10,12H,4,7-9,11,13-15H2,1-2H3. The van der Waals surface area contributed by atoms with Crippen molar-refractivity contribution >= 4 is 5.91 Å². The lowest BCUT2D eigenvalue weighted by atomic mass is 9.84. The van der Waals surface area contributed by atoms with Crippen LogP contribution in [0.15, 0.2) is 30.6 Å². The highest BCUT2D eigenvalue weighted by Crippen LogP contribution is 2.39. The molecule has 2 saturated heterocycles. The third-order valence-corrected chi connectivity index (χ3v) is 6.01. The minimum Gasteiger partial charge on any atom is -0.347 e. The normalized spacial score (nSPS) is 20.5. The monoisotopic (exact) mass is 341 g/mol. The molecule has 0 saturated carbocycles. The maximum Gasteiger partial charge on any atom is 0.270 e. The van der Waals surface area contributed by atoms with Gasteiger partial charge in [-0.3, -0.25) is 14.4 Å². The van der Waals surface area contributed by atoms with E-state index < -0.39 is 0 Å². The molecule has 0 aliphatic carbocycles. The summed E-state index contributed by atoms with van der Waals surface area (Å²) in [5.74, 6) is 0.164. The Morgan fingerprint density at radius 1 is 1.12 bits per heavy atom. The van der Waals surface area contributed by atoms with Gasteiger partial charge in [0, 0.05) is 51.7 Å². The average Bonchev–Trinajstić information content (AvgIpc) is 3.31. The predicted octanol–water partition coefficient (Wildman–Crippen LogP) is 2.03. The van der Waals surface area contributed by atoms with Gasteiger partial charge >= 0.3 is 0 Å². The van der Waals surface area contributed by atoms with Gasteiger partial charge in [-0.05, 0) is 50.4 Å². The molecule has 0 N–H and O–H groups in total. The molecule has 2 aliphatic rings. The molecular formula is C19H27N5O. The number of likely N-dealkylation sites (tertiary alicyclic amines) is 2. The van der Waals surface area contributed by atoms with Crippen LogP contribution in [-0.2, 0) is 20.6 Å². The topological polar surface area (TPSA) is 46.3 Å². The number of rotatable bonds is 3. The molecule has 2 aromatic rings. The maximum absolute atomic E-state index is 12.7. The lowest BCUT2D eigenvalue weighted by Crippen LogP contribution is -2.53. The van der Waals surface area contributed by atoms with E-state index in [1.807, 2.05) is 52.8 Å². The minimum absolute atomic E-state index is 0.164. The highest BCUT2D eigenvalue weighted by Gasteiger charge is 2.44. The number of amides is 1. The Labute approximate surface area is 149 Å². The first-order valence-corrected chi connectivity index (χ1v) is 9.22. The average molecular weight is 341 g/mol. The van der Waals surface area contributed by atoms with Crippen molar-refractivity contribution in [1.29, 1.82) is 0 Å². The van der Waals surface area contributed by atoms with E-state index >= 15 is 0 Å². The van der Waals surface area contributed by atoms with Gasteiger partial charge in [-0.1, -0.05) is 0 Å². The van der Waals surface area contributed by atoms with Crippen LogP contribution in [0.25, 0.3) is 0 Å². The molecule has 6 nitrogen and oxygen atoms in total. The number of carbonyl (C=O) groups is 1. The first kappa shape index (κ1) is 16.4. The summed E-state index contributed by atoms with van der Waals surface area (Å²) in [6, 6.07) is 5.96. The van der Waals surface area contributed by atoms with Crippen LogP contribution >= 0.6 is 0 Å². The van der Waals surface area contributed by atoms with E-state index in [2.05, 4.69) is 16.1 Å². The summed E-state index contributed by atoms with van der Waals surface area (Å²) >= 11 is 0. The van der Waals surface area contributed by atoms with E-state index in [0.717, 1.165) is 50.4 Å². The van der Waals surface area contributed by atoms with Crippen LogP contribution < -0.4 is 0 Å². The van der Waals surface area contributed by atoms with Gasteiger partial charge in [-0.25, -0.2) is 0 Å². The van der Waals surface area contributed by atoms with Crippen LogP contribution in [0.4, 0.5) is 0 Å². The first-order valence-electron chi connectivity index (χ1n) is 9.22. The smallest absolute Gasteiger partial charge is 0.270 e. The zero-order valence-corrected chi connectivity index (χ0v) is 15.2. The molecule has 2 aromatic heterocycles.